The predicted molar refractivity (Wildman–Crippen MR) is 124 cm³/mol. The fourth-order valence-electron chi connectivity index (χ4n) is 3.56. The molecule has 1 saturated heterocycles. The van der Waals surface area contributed by atoms with Crippen LogP contribution in [0.5, 0.6) is 5.75 Å². The van der Waals surface area contributed by atoms with Gasteiger partial charge in [-0.1, -0.05) is 38.1 Å². The molecule has 1 aliphatic rings. The Morgan fingerprint density at radius 2 is 1.88 bits per heavy atom. The Morgan fingerprint density at radius 3 is 2.61 bits per heavy atom. The molecule has 8 heteroatoms. The molecule has 2 aromatic rings. The van der Waals surface area contributed by atoms with Gasteiger partial charge in [0.2, 0.25) is 5.91 Å². The highest BCUT2D eigenvalue weighted by Gasteiger charge is 2.25. The maximum atomic E-state index is 13.9. The summed E-state index contributed by atoms with van der Waals surface area (Å²) in [6, 6.07) is 12.5. The second kappa shape index (κ2) is 12.3. The van der Waals surface area contributed by atoms with E-state index in [1.165, 1.54) is 18.2 Å². The summed E-state index contributed by atoms with van der Waals surface area (Å²) in [5.74, 6) is -0.992. The highest BCUT2D eigenvalue weighted by molar-refractivity contribution is 5.97. The smallest absolute Gasteiger partial charge is 0.254 e. The minimum Gasteiger partial charge on any atom is -0.492 e. The molecule has 2 amide bonds. The Bertz CT molecular complexity index is 931. The molecule has 0 spiro atoms. The zero-order valence-corrected chi connectivity index (χ0v) is 19.2. The molecule has 0 radical (unpaired) electrons. The zero-order valence-electron chi connectivity index (χ0n) is 19.2. The van der Waals surface area contributed by atoms with Gasteiger partial charge in [-0.2, -0.15) is 0 Å². The molecule has 0 aliphatic carbocycles. The van der Waals surface area contributed by atoms with Crippen molar-refractivity contribution in [3.8, 4) is 5.75 Å². The maximum Gasteiger partial charge on any atom is 0.254 e. The number of rotatable bonds is 10. The molecule has 1 fully saturated rings. The fourth-order valence-corrected chi connectivity index (χ4v) is 3.56. The number of benzene rings is 2. The summed E-state index contributed by atoms with van der Waals surface area (Å²) in [5, 5.41) is 5.51. The van der Waals surface area contributed by atoms with Crippen LogP contribution < -0.4 is 15.4 Å². The molecule has 0 aromatic heterocycles. The van der Waals surface area contributed by atoms with Crippen LogP contribution in [0.3, 0.4) is 0 Å². The largest absolute Gasteiger partial charge is 0.492 e. The van der Waals surface area contributed by atoms with Crippen LogP contribution in [0.1, 0.15) is 29.8 Å². The molecule has 1 unspecified atom stereocenters. The molecule has 1 heterocycles. The highest BCUT2D eigenvalue weighted by Crippen LogP contribution is 2.14. The summed E-state index contributed by atoms with van der Waals surface area (Å²) < 4.78 is 25.1. The van der Waals surface area contributed by atoms with Gasteiger partial charge in [-0.3, -0.25) is 14.5 Å². The topological polar surface area (TPSA) is 79.9 Å². The van der Waals surface area contributed by atoms with Crippen molar-refractivity contribution < 1.29 is 23.5 Å². The van der Waals surface area contributed by atoms with E-state index in [0.717, 1.165) is 44.2 Å². The number of carbonyl (C=O) groups excluding carboxylic acids is 2. The van der Waals surface area contributed by atoms with E-state index in [-0.39, 0.29) is 23.9 Å². The molecule has 0 saturated carbocycles. The number of nitrogens with one attached hydrogen (secondary N) is 2. The van der Waals surface area contributed by atoms with Gasteiger partial charge in [-0.15, -0.1) is 0 Å². The Balaban J connectivity index is 1.51. The second-order valence-electron chi connectivity index (χ2n) is 8.34. The van der Waals surface area contributed by atoms with Gasteiger partial charge in [-0.25, -0.2) is 4.39 Å². The quantitative estimate of drug-likeness (QED) is 0.573. The highest BCUT2D eigenvalue weighted by atomic mass is 19.1. The van der Waals surface area contributed by atoms with Crippen LogP contribution in [0.15, 0.2) is 48.5 Å². The Morgan fingerprint density at radius 1 is 1.12 bits per heavy atom. The first-order chi connectivity index (χ1) is 15.9. The van der Waals surface area contributed by atoms with Crippen molar-refractivity contribution in [3.05, 3.63) is 65.5 Å². The lowest BCUT2D eigenvalue weighted by atomic mass is 10.0. The Kier molecular flexibility index (Phi) is 9.21. The van der Waals surface area contributed by atoms with Gasteiger partial charge in [0, 0.05) is 26.2 Å². The molecule has 178 valence electrons. The third-order valence-electron chi connectivity index (χ3n) is 5.50. The average molecular weight is 458 g/mol. The van der Waals surface area contributed by atoms with Crippen molar-refractivity contribution >= 4 is 11.8 Å². The SMILES string of the molecule is CC(C)C(NC(=O)c1ccccc1F)C(=O)NCc1cccc(OCCN2CCOCC2)c1. The molecule has 1 aliphatic heterocycles. The van der Waals surface area contributed by atoms with Crippen molar-refractivity contribution in [3.63, 3.8) is 0 Å². The third kappa shape index (κ3) is 7.54. The molecule has 1 atom stereocenters. The number of halogens is 1. The molecular formula is C25H32FN3O4. The van der Waals surface area contributed by atoms with Crippen molar-refractivity contribution in [1.29, 1.82) is 0 Å². The molecule has 7 nitrogen and oxygen atoms in total. The first-order valence-electron chi connectivity index (χ1n) is 11.3. The van der Waals surface area contributed by atoms with Crippen molar-refractivity contribution in [2.45, 2.75) is 26.4 Å². The van der Waals surface area contributed by atoms with Crippen LogP contribution in [0.2, 0.25) is 0 Å². The lowest BCUT2D eigenvalue weighted by Crippen LogP contribution is -2.49. The minimum absolute atomic E-state index is 0.0853. The van der Waals surface area contributed by atoms with E-state index in [4.69, 9.17) is 9.47 Å². The standard InChI is InChI=1S/C25H32FN3O4/c1-18(2)23(28-24(30)21-8-3-4-9-22(21)26)25(31)27-17-19-6-5-7-20(16-19)33-15-12-29-10-13-32-14-11-29/h3-9,16,18,23H,10-15,17H2,1-2H3,(H,27,31)(H,28,30). The van der Waals surface area contributed by atoms with Crippen LogP contribution in [0.25, 0.3) is 0 Å². The van der Waals surface area contributed by atoms with Gasteiger partial charge < -0.3 is 20.1 Å². The van der Waals surface area contributed by atoms with Crippen LogP contribution >= 0.6 is 0 Å². The van der Waals surface area contributed by atoms with E-state index in [1.54, 1.807) is 6.07 Å². The molecule has 2 aromatic carbocycles. The lowest BCUT2D eigenvalue weighted by Gasteiger charge is -2.26. The van der Waals surface area contributed by atoms with Gasteiger partial charge >= 0.3 is 0 Å². The summed E-state index contributed by atoms with van der Waals surface area (Å²) in [7, 11) is 0. The maximum absolute atomic E-state index is 13.9. The lowest BCUT2D eigenvalue weighted by molar-refractivity contribution is -0.124. The van der Waals surface area contributed by atoms with Gasteiger partial charge in [0.1, 0.15) is 24.2 Å². The van der Waals surface area contributed by atoms with Gasteiger partial charge in [0.25, 0.3) is 5.91 Å². The van der Waals surface area contributed by atoms with Crippen LogP contribution in [-0.2, 0) is 16.1 Å². The Labute approximate surface area is 194 Å². The van der Waals surface area contributed by atoms with Crippen LogP contribution in [0, 0.1) is 11.7 Å². The number of ether oxygens (including phenoxy) is 2. The first-order valence-corrected chi connectivity index (χ1v) is 11.3. The van der Waals surface area contributed by atoms with E-state index >= 15 is 0 Å². The number of nitrogens with zero attached hydrogens (tertiary/aromatic N) is 1. The number of carbonyl (C=O) groups is 2. The number of morpholine rings is 1. The van der Waals surface area contributed by atoms with Gasteiger partial charge in [-0.05, 0) is 35.7 Å². The van der Waals surface area contributed by atoms with E-state index in [2.05, 4.69) is 15.5 Å². The summed E-state index contributed by atoms with van der Waals surface area (Å²) >= 11 is 0. The normalized spacial score (nSPS) is 15.2. The zero-order chi connectivity index (χ0) is 23.6. The van der Waals surface area contributed by atoms with E-state index in [9.17, 15) is 14.0 Å². The van der Waals surface area contributed by atoms with E-state index in [1.807, 2.05) is 38.1 Å². The molecule has 2 N–H and O–H groups in total. The molecule has 3 rings (SSSR count). The predicted octanol–water partition coefficient (Wildman–Crippen LogP) is 2.61. The summed E-state index contributed by atoms with van der Waals surface area (Å²) in [5.41, 5.74) is 0.799. The van der Waals surface area contributed by atoms with Crippen molar-refractivity contribution in [2.75, 3.05) is 39.5 Å². The molecule has 0 bridgehead atoms. The van der Waals surface area contributed by atoms with E-state index < -0.39 is 17.8 Å². The summed E-state index contributed by atoms with van der Waals surface area (Å²) in [6.07, 6.45) is 0. The van der Waals surface area contributed by atoms with Crippen molar-refractivity contribution in [2.24, 2.45) is 5.92 Å². The number of hydrogen-bond acceptors (Lipinski definition) is 5. The van der Waals surface area contributed by atoms with Crippen LogP contribution in [-0.4, -0.2) is 62.2 Å². The molecule has 33 heavy (non-hydrogen) atoms. The van der Waals surface area contributed by atoms with Gasteiger partial charge in [0.15, 0.2) is 0 Å². The number of hydrogen-bond donors (Lipinski definition) is 2. The van der Waals surface area contributed by atoms with E-state index in [0.29, 0.717) is 6.61 Å². The number of amides is 2. The van der Waals surface area contributed by atoms with Gasteiger partial charge in [0.05, 0.1) is 18.8 Å². The minimum atomic E-state index is -0.787. The van der Waals surface area contributed by atoms with Crippen LogP contribution in [0.4, 0.5) is 4.39 Å². The third-order valence-corrected chi connectivity index (χ3v) is 5.50. The fraction of sp³-hybridized carbons (Fsp3) is 0.440. The Hall–Kier alpha value is -2.97. The van der Waals surface area contributed by atoms with Crippen molar-refractivity contribution in [1.82, 2.24) is 15.5 Å². The second-order valence-corrected chi connectivity index (χ2v) is 8.34. The first kappa shape index (κ1) is 24.7. The average Bonchev–Trinajstić information content (AvgIpc) is 2.82. The summed E-state index contributed by atoms with van der Waals surface area (Å²) in [6.45, 7) is 8.71. The summed E-state index contributed by atoms with van der Waals surface area (Å²) in [4.78, 5) is 27.5. The molecular weight excluding hydrogens is 425 g/mol. The monoisotopic (exact) mass is 457 g/mol.